The number of aromatic hydroxyl groups is 1. The van der Waals surface area contributed by atoms with Gasteiger partial charge < -0.3 is 9.52 Å². The molecule has 0 unspecified atom stereocenters. The van der Waals surface area contributed by atoms with Crippen LogP contribution in [0.25, 0.3) is 56.1 Å². The Hall–Kier alpha value is -4.01. The van der Waals surface area contributed by atoms with E-state index >= 15 is 0 Å². The quantitative estimate of drug-likeness (QED) is 0.188. The molecule has 4 nitrogen and oxygen atoms in total. The molecule has 0 saturated heterocycles. The van der Waals surface area contributed by atoms with Gasteiger partial charge in [-0.25, -0.2) is 4.98 Å². The van der Waals surface area contributed by atoms with Crippen LogP contribution in [0.1, 0.15) is 26.3 Å². The first kappa shape index (κ1) is 26.6. The summed E-state index contributed by atoms with van der Waals surface area (Å²) in [5.74, 6) is 0.495. The molecule has 5 heteroatoms. The molecule has 0 aliphatic carbocycles. The van der Waals surface area contributed by atoms with Crippen molar-refractivity contribution in [1.82, 2.24) is 9.97 Å². The standard InChI is InChI=1S/C34H27N2O2.Pt/c1-34(2,3)26-17-18-35-29(21-26)25-12-7-11-24(19-25)27-13-8-14-31-32(27)36-33(38-31)28-20-23(15-16-30(28)37)22-9-5-4-6-10-22;/h4-18,20-21,37H,1-3H3;/q-1;. The van der Waals surface area contributed by atoms with Crippen LogP contribution in [0, 0.1) is 6.07 Å². The summed E-state index contributed by atoms with van der Waals surface area (Å²) in [7, 11) is 0. The van der Waals surface area contributed by atoms with Crippen molar-refractivity contribution in [2.45, 2.75) is 26.2 Å². The molecule has 0 spiro atoms. The Bertz CT molecular complexity index is 1770. The van der Waals surface area contributed by atoms with Gasteiger partial charge in [-0.2, -0.15) is 0 Å². The first-order chi connectivity index (χ1) is 18.4. The van der Waals surface area contributed by atoms with Gasteiger partial charge in [0, 0.05) is 33.0 Å². The van der Waals surface area contributed by atoms with E-state index in [1.165, 1.54) is 5.56 Å². The number of phenols is 1. The number of rotatable bonds is 4. The summed E-state index contributed by atoms with van der Waals surface area (Å²) in [5, 5.41) is 10.7. The number of para-hydroxylation sites is 1. The van der Waals surface area contributed by atoms with Crippen LogP contribution in [0.3, 0.4) is 0 Å². The number of aromatic nitrogens is 2. The number of oxazole rings is 1. The Morgan fingerprint density at radius 2 is 1.51 bits per heavy atom. The topological polar surface area (TPSA) is 59.2 Å². The zero-order valence-electron chi connectivity index (χ0n) is 21.9. The van der Waals surface area contributed by atoms with Gasteiger partial charge in [-0.05, 0) is 46.4 Å². The Kier molecular flexibility index (Phi) is 7.25. The van der Waals surface area contributed by atoms with Crippen LogP contribution in [0.2, 0.25) is 0 Å². The maximum atomic E-state index is 10.7. The third-order valence-electron chi connectivity index (χ3n) is 6.74. The van der Waals surface area contributed by atoms with Gasteiger partial charge in [-0.1, -0.05) is 86.5 Å². The van der Waals surface area contributed by atoms with Crippen molar-refractivity contribution in [1.29, 1.82) is 0 Å². The Morgan fingerprint density at radius 3 is 2.31 bits per heavy atom. The van der Waals surface area contributed by atoms with Crippen molar-refractivity contribution in [2.75, 3.05) is 0 Å². The molecule has 6 rings (SSSR count). The molecule has 0 atom stereocenters. The number of pyridine rings is 1. The van der Waals surface area contributed by atoms with Gasteiger partial charge in [-0.15, -0.1) is 29.8 Å². The molecule has 0 amide bonds. The van der Waals surface area contributed by atoms with E-state index in [0.717, 1.165) is 39.0 Å². The fraction of sp³-hybridized carbons (Fsp3) is 0.118. The minimum atomic E-state index is 0. The maximum Gasteiger partial charge on any atom is 0.230 e. The summed E-state index contributed by atoms with van der Waals surface area (Å²) in [6.45, 7) is 6.59. The molecule has 0 fully saturated rings. The minimum absolute atomic E-state index is 0. The summed E-state index contributed by atoms with van der Waals surface area (Å²) in [6.07, 6.45) is 1.86. The number of nitrogens with zero attached hydrogens (tertiary/aromatic N) is 2. The fourth-order valence-electron chi connectivity index (χ4n) is 4.62. The number of fused-ring (bicyclic) bond motifs is 1. The predicted molar refractivity (Wildman–Crippen MR) is 153 cm³/mol. The normalized spacial score (nSPS) is 11.4. The Balaban J connectivity index is 0.00000308. The summed E-state index contributed by atoms with van der Waals surface area (Å²) >= 11 is 0. The molecular formula is C34H27N2O2Pt-. The van der Waals surface area contributed by atoms with Crippen molar-refractivity contribution in [2.24, 2.45) is 0 Å². The molecule has 0 saturated carbocycles. The minimum Gasteiger partial charge on any atom is -0.507 e. The first-order valence-corrected chi connectivity index (χ1v) is 12.6. The summed E-state index contributed by atoms with van der Waals surface area (Å²) in [6, 6.07) is 35.2. The maximum absolute atomic E-state index is 10.7. The Morgan fingerprint density at radius 1 is 0.744 bits per heavy atom. The molecular weight excluding hydrogens is 663 g/mol. The van der Waals surface area contributed by atoms with E-state index in [1.807, 2.05) is 85.1 Å². The molecule has 2 aromatic heterocycles. The molecule has 39 heavy (non-hydrogen) atoms. The van der Waals surface area contributed by atoms with Gasteiger partial charge in [0.15, 0.2) is 0 Å². The van der Waals surface area contributed by atoms with Crippen LogP contribution in [0.4, 0.5) is 0 Å². The zero-order chi connectivity index (χ0) is 26.3. The summed E-state index contributed by atoms with van der Waals surface area (Å²) in [5.41, 5.74) is 8.82. The van der Waals surface area contributed by atoms with Crippen LogP contribution in [0.5, 0.6) is 5.75 Å². The van der Waals surface area contributed by atoms with Crippen LogP contribution in [-0.4, -0.2) is 15.1 Å². The molecule has 0 radical (unpaired) electrons. The van der Waals surface area contributed by atoms with Crippen molar-refractivity contribution in [3.63, 3.8) is 0 Å². The van der Waals surface area contributed by atoms with Crippen LogP contribution in [-0.2, 0) is 26.5 Å². The van der Waals surface area contributed by atoms with E-state index < -0.39 is 0 Å². The molecule has 0 aliphatic heterocycles. The predicted octanol–water partition coefficient (Wildman–Crippen LogP) is 8.69. The first-order valence-electron chi connectivity index (χ1n) is 12.6. The third-order valence-corrected chi connectivity index (χ3v) is 6.74. The van der Waals surface area contributed by atoms with E-state index in [4.69, 9.17) is 9.40 Å². The van der Waals surface area contributed by atoms with Crippen LogP contribution < -0.4 is 0 Å². The van der Waals surface area contributed by atoms with Crippen molar-refractivity contribution in [3.8, 4) is 50.7 Å². The smallest absolute Gasteiger partial charge is 0.230 e. The SMILES string of the molecule is CC(C)(C)c1ccnc(-c2[c-]c(-c3cccc4oc(-c5cc(-c6ccccc6)ccc5O)nc34)ccc2)c1.[Pt]. The van der Waals surface area contributed by atoms with Crippen molar-refractivity contribution >= 4 is 11.1 Å². The number of benzene rings is 4. The molecule has 1 N–H and O–H groups in total. The van der Waals surface area contributed by atoms with E-state index in [0.29, 0.717) is 17.0 Å². The van der Waals surface area contributed by atoms with E-state index in [2.05, 4.69) is 44.0 Å². The second kappa shape index (κ2) is 10.6. The zero-order valence-corrected chi connectivity index (χ0v) is 24.2. The largest absolute Gasteiger partial charge is 0.507 e. The second-order valence-corrected chi connectivity index (χ2v) is 10.4. The summed E-state index contributed by atoms with van der Waals surface area (Å²) in [4.78, 5) is 9.46. The van der Waals surface area contributed by atoms with E-state index in [-0.39, 0.29) is 32.2 Å². The van der Waals surface area contributed by atoms with Gasteiger partial charge in [-0.3, -0.25) is 4.98 Å². The molecule has 196 valence electrons. The van der Waals surface area contributed by atoms with E-state index in [9.17, 15) is 5.11 Å². The monoisotopic (exact) mass is 690 g/mol. The average molecular weight is 691 g/mol. The third kappa shape index (κ3) is 5.30. The number of phenolic OH excluding ortho intramolecular Hbond substituents is 1. The molecule has 0 bridgehead atoms. The summed E-state index contributed by atoms with van der Waals surface area (Å²) < 4.78 is 6.16. The van der Waals surface area contributed by atoms with Crippen LogP contribution >= 0.6 is 0 Å². The van der Waals surface area contributed by atoms with Gasteiger partial charge in [0.05, 0.1) is 11.1 Å². The van der Waals surface area contributed by atoms with Crippen molar-refractivity contribution in [3.05, 3.63) is 115 Å². The van der Waals surface area contributed by atoms with Gasteiger partial charge in [0.25, 0.3) is 0 Å². The average Bonchev–Trinajstić information content (AvgIpc) is 3.38. The number of hydrogen-bond donors (Lipinski definition) is 1. The van der Waals surface area contributed by atoms with Crippen molar-refractivity contribution < 1.29 is 30.6 Å². The van der Waals surface area contributed by atoms with Gasteiger partial charge >= 0.3 is 0 Å². The molecule has 6 aromatic rings. The van der Waals surface area contributed by atoms with E-state index in [1.54, 1.807) is 6.07 Å². The van der Waals surface area contributed by atoms with Gasteiger partial charge in [0.1, 0.15) is 11.3 Å². The fourth-order valence-corrected chi connectivity index (χ4v) is 4.62. The molecule has 2 heterocycles. The number of hydrogen-bond acceptors (Lipinski definition) is 4. The Labute approximate surface area is 242 Å². The molecule has 4 aromatic carbocycles. The van der Waals surface area contributed by atoms with Crippen LogP contribution in [0.15, 0.2) is 108 Å². The van der Waals surface area contributed by atoms with Gasteiger partial charge in [0.2, 0.25) is 5.89 Å². The molecule has 0 aliphatic rings. The second-order valence-electron chi connectivity index (χ2n) is 10.4.